The van der Waals surface area contributed by atoms with Crippen molar-refractivity contribution in [1.29, 1.82) is 0 Å². The number of hydrogen-bond donors (Lipinski definition) is 1. The van der Waals surface area contributed by atoms with Gasteiger partial charge in [-0.15, -0.1) is 0 Å². The molecule has 15 heavy (non-hydrogen) atoms. The van der Waals surface area contributed by atoms with Crippen molar-refractivity contribution in [3.8, 4) is 0 Å². The van der Waals surface area contributed by atoms with Crippen LogP contribution in [0.1, 0.15) is 37.9 Å². The molecule has 1 atom stereocenters. The zero-order valence-electron chi connectivity index (χ0n) is 9.53. The summed E-state index contributed by atoms with van der Waals surface area (Å²) in [6, 6.07) is 3.90. The van der Waals surface area contributed by atoms with Gasteiger partial charge < -0.3 is 5.73 Å². The fourth-order valence-corrected chi connectivity index (χ4v) is 1.35. The number of pyridine rings is 1. The van der Waals surface area contributed by atoms with Crippen LogP contribution in [0, 0.1) is 5.92 Å². The lowest BCUT2D eigenvalue weighted by Crippen LogP contribution is -2.14. The van der Waals surface area contributed by atoms with E-state index in [1.165, 1.54) is 0 Å². The Morgan fingerprint density at radius 3 is 2.47 bits per heavy atom. The van der Waals surface area contributed by atoms with Crippen molar-refractivity contribution in [2.45, 2.75) is 33.1 Å². The predicted octanol–water partition coefficient (Wildman–Crippen LogP) is 1.87. The monoisotopic (exact) mass is 206 g/mol. The molecular weight excluding hydrogens is 188 g/mol. The number of nitrogens with two attached hydrogens (primary N) is 1. The number of amides is 1. The van der Waals surface area contributed by atoms with E-state index in [0.717, 1.165) is 11.3 Å². The molecule has 3 nitrogen and oxygen atoms in total. The molecule has 0 spiro atoms. The minimum absolute atomic E-state index is 0.267. The lowest BCUT2D eigenvalue weighted by Gasteiger charge is -2.14. The summed E-state index contributed by atoms with van der Waals surface area (Å²) in [5, 5.41) is 0. The maximum atomic E-state index is 10.7. The number of hydrogen-bond acceptors (Lipinski definition) is 2. The Hall–Kier alpha value is -1.38. The first-order chi connectivity index (χ1) is 7.00. The number of nitrogens with zero attached hydrogens (tertiary/aromatic N) is 1. The summed E-state index contributed by atoms with van der Waals surface area (Å²) < 4.78 is 0. The van der Waals surface area contributed by atoms with E-state index in [-0.39, 0.29) is 12.3 Å². The molecule has 1 unspecified atom stereocenters. The highest BCUT2D eigenvalue weighted by Gasteiger charge is 2.11. The fraction of sp³-hybridized carbons (Fsp3) is 0.500. The zero-order valence-corrected chi connectivity index (χ0v) is 9.53. The van der Waals surface area contributed by atoms with Crippen LogP contribution >= 0.6 is 0 Å². The Balaban J connectivity index is 2.76. The summed E-state index contributed by atoms with van der Waals surface area (Å²) in [7, 11) is 0. The summed E-state index contributed by atoms with van der Waals surface area (Å²) in [6.07, 6.45) is 2.00. The summed E-state index contributed by atoms with van der Waals surface area (Å²) in [5.41, 5.74) is 7.05. The molecule has 0 aromatic carbocycles. The predicted molar refractivity (Wildman–Crippen MR) is 60.4 cm³/mol. The lowest BCUT2D eigenvalue weighted by molar-refractivity contribution is -0.117. The van der Waals surface area contributed by atoms with Crippen LogP contribution in [0.15, 0.2) is 18.3 Å². The number of primary amides is 1. The third-order valence-electron chi connectivity index (χ3n) is 2.69. The van der Waals surface area contributed by atoms with Gasteiger partial charge >= 0.3 is 0 Å². The van der Waals surface area contributed by atoms with E-state index in [9.17, 15) is 4.79 Å². The summed E-state index contributed by atoms with van der Waals surface area (Å²) in [6.45, 7) is 6.49. The molecule has 0 aliphatic carbocycles. The van der Waals surface area contributed by atoms with Gasteiger partial charge in [-0.2, -0.15) is 0 Å². The van der Waals surface area contributed by atoms with Crippen molar-refractivity contribution >= 4 is 5.91 Å². The first-order valence-corrected chi connectivity index (χ1v) is 5.24. The Kier molecular flexibility index (Phi) is 3.83. The molecule has 0 fully saturated rings. The highest BCUT2D eigenvalue weighted by Crippen LogP contribution is 2.21. The number of aromatic nitrogens is 1. The van der Waals surface area contributed by atoms with Gasteiger partial charge in [-0.05, 0) is 17.5 Å². The van der Waals surface area contributed by atoms with Gasteiger partial charge in [-0.25, -0.2) is 0 Å². The average molecular weight is 206 g/mol. The molecule has 1 aromatic heterocycles. The van der Waals surface area contributed by atoms with E-state index >= 15 is 0 Å². The van der Waals surface area contributed by atoms with Crippen molar-refractivity contribution < 1.29 is 4.79 Å². The van der Waals surface area contributed by atoms with Crippen LogP contribution in [0.3, 0.4) is 0 Å². The minimum atomic E-state index is -0.318. The molecule has 0 bridgehead atoms. The molecule has 1 amide bonds. The molecule has 0 saturated heterocycles. The third kappa shape index (κ3) is 3.35. The summed E-state index contributed by atoms with van der Waals surface area (Å²) in [5.74, 6) is 0.688. The average Bonchev–Trinajstić information content (AvgIpc) is 2.17. The van der Waals surface area contributed by atoms with Crippen molar-refractivity contribution in [3.63, 3.8) is 0 Å². The van der Waals surface area contributed by atoms with Crippen molar-refractivity contribution in [2.75, 3.05) is 0 Å². The largest absolute Gasteiger partial charge is 0.369 e. The number of carbonyl (C=O) groups excluding carboxylic acids is 1. The van der Waals surface area contributed by atoms with Crippen LogP contribution in [0.5, 0.6) is 0 Å². The van der Waals surface area contributed by atoms with E-state index in [0.29, 0.717) is 11.8 Å². The van der Waals surface area contributed by atoms with Gasteiger partial charge in [-0.3, -0.25) is 9.78 Å². The van der Waals surface area contributed by atoms with Crippen LogP contribution in [-0.4, -0.2) is 10.9 Å². The molecule has 2 N–H and O–H groups in total. The van der Waals surface area contributed by atoms with E-state index in [1.807, 2.05) is 12.1 Å². The fourth-order valence-electron chi connectivity index (χ4n) is 1.35. The minimum Gasteiger partial charge on any atom is -0.369 e. The van der Waals surface area contributed by atoms with E-state index in [2.05, 4.69) is 25.8 Å². The van der Waals surface area contributed by atoms with E-state index in [1.54, 1.807) is 6.20 Å². The number of rotatable bonds is 4. The smallest absolute Gasteiger partial charge is 0.221 e. The first kappa shape index (κ1) is 11.7. The Labute approximate surface area is 90.7 Å². The van der Waals surface area contributed by atoms with Crippen molar-refractivity contribution in [1.82, 2.24) is 4.98 Å². The highest BCUT2D eigenvalue weighted by molar-refractivity contribution is 5.76. The Morgan fingerprint density at radius 2 is 2.07 bits per heavy atom. The van der Waals surface area contributed by atoms with Gasteiger partial charge in [0, 0.05) is 17.8 Å². The molecular formula is C12H18N2O. The van der Waals surface area contributed by atoms with E-state index in [4.69, 9.17) is 5.73 Å². The van der Waals surface area contributed by atoms with Gasteiger partial charge in [0.25, 0.3) is 0 Å². The maximum Gasteiger partial charge on any atom is 0.221 e. The zero-order chi connectivity index (χ0) is 11.4. The summed E-state index contributed by atoms with van der Waals surface area (Å²) in [4.78, 5) is 15.0. The molecule has 82 valence electrons. The highest BCUT2D eigenvalue weighted by atomic mass is 16.1. The van der Waals surface area contributed by atoms with E-state index < -0.39 is 0 Å². The van der Waals surface area contributed by atoms with Crippen molar-refractivity contribution in [2.24, 2.45) is 11.7 Å². The lowest BCUT2D eigenvalue weighted by atomic mass is 9.94. The second kappa shape index (κ2) is 4.91. The summed E-state index contributed by atoms with van der Waals surface area (Å²) >= 11 is 0. The second-order valence-electron chi connectivity index (χ2n) is 4.27. The molecule has 0 aliphatic rings. The van der Waals surface area contributed by atoms with Crippen molar-refractivity contribution in [3.05, 3.63) is 29.6 Å². The molecule has 1 aromatic rings. The molecule has 0 saturated carbocycles. The Bertz CT molecular complexity index is 330. The standard InChI is InChI=1S/C12H18N2O/c1-8(2)9(3)11-5-4-10(7-14-11)6-12(13)15/h4-5,7-9H,6H2,1-3H3,(H2,13,15). The van der Waals surface area contributed by atoms with Crippen LogP contribution in [-0.2, 0) is 11.2 Å². The second-order valence-corrected chi connectivity index (χ2v) is 4.27. The first-order valence-electron chi connectivity index (χ1n) is 5.24. The molecule has 1 rings (SSSR count). The van der Waals surface area contributed by atoms with Gasteiger partial charge in [0.15, 0.2) is 0 Å². The SMILES string of the molecule is CC(C)C(C)c1ccc(CC(N)=O)cn1. The van der Waals surface area contributed by atoms with Crippen LogP contribution in [0.4, 0.5) is 0 Å². The molecule has 0 radical (unpaired) electrons. The van der Waals surface area contributed by atoms with Gasteiger partial charge in [0.2, 0.25) is 5.91 Å². The van der Waals surface area contributed by atoms with Gasteiger partial charge in [-0.1, -0.05) is 26.8 Å². The normalized spacial score (nSPS) is 12.8. The maximum absolute atomic E-state index is 10.7. The molecule has 1 heterocycles. The number of carbonyl (C=O) groups is 1. The van der Waals surface area contributed by atoms with Crippen LogP contribution in [0.25, 0.3) is 0 Å². The topological polar surface area (TPSA) is 56.0 Å². The van der Waals surface area contributed by atoms with Crippen LogP contribution < -0.4 is 5.73 Å². The van der Waals surface area contributed by atoms with Crippen LogP contribution in [0.2, 0.25) is 0 Å². The van der Waals surface area contributed by atoms with Gasteiger partial charge in [0.1, 0.15) is 0 Å². The molecule has 3 heteroatoms. The molecule has 0 aliphatic heterocycles. The van der Waals surface area contributed by atoms with Gasteiger partial charge in [0.05, 0.1) is 6.42 Å². The quantitative estimate of drug-likeness (QED) is 0.817. The Morgan fingerprint density at radius 1 is 1.40 bits per heavy atom. The third-order valence-corrected chi connectivity index (χ3v) is 2.69.